The third kappa shape index (κ3) is 3.92. The predicted octanol–water partition coefficient (Wildman–Crippen LogP) is 2.36. The molecule has 8 heteroatoms. The molecule has 0 amide bonds. The van der Waals surface area contributed by atoms with Crippen molar-refractivity contribution in [3.8, 4) is 11.5 Å². The van der Waals surface area contributed by atoms with Gasteiger partial charge in [0, 0.05) is 32.2 Å². The number of carboxylic acids is 1. The Morgan fingerprint density at radius 2 is 1.59 bits per heavy atom. The maximum absolute atomic E-state index is 11.2. The van der Waals surface area contributed by atoms with Gasteiger partial charge in [0.25, 0.3) is 0 Å². The molecule has 0 aliphatic carbocycles. The summed E-state index contributed by atoms with van der Waals surface area (Å²) in [6.45, 7) is 3.01. The van der Waals surface area contributed by atoms with Crippen LogP contribution in [0.2, 0.25) is 0 Å². The molecule has 2 aliphatic heterocycles. The summed E-state index contributed by atoms with van der Waals surface area (Å²) in [4.78, 5) is 24.5. The van der Waals surface area contributed by atoms with Crippen LogP contribution in [0.15, 0.2) is 24.5 Å². The summed E-state index contributed by atoms with van der Waals surface area (Å²) in [7, 11) is 3.30. The highest BCUT2D eigenvalue weighted by molar-refractivity contribution is 5.70. The molecule has 4 rings (SSSR count). The first-order chi connectivity index (χ1) is 14.1. The molecule has 1 N–H and O–H groups in total. The van der Waals surface area contributed by atoms with Crippen molar-refractivity contribution in [3.05, 3.63) is 35.7 Å². The van der Waals surface area contributed by atoms with Crippen LogP contribution in [-0.2, 0) is 17.8 Å². The zero-order chi connectivity index (χ0) is 20.4. The molecule has 0 spiro atoms. The molecular weight excluding hydrogens is 372 g/mol. The lowest BCUT2D eigenvalue weighted by molar-refractivity contribution is -0.142. The number of aromatic nitrogens is 2. The number of ether oxygens (including phenoxy) is 2. The number of benzene rings is 1. The summed E-state index contributed by atoms with van der Waals surface area (Å²) in [5, 5.41) is 9.19. The molecule has 0 bridgehead atoms. The smallest absolute Gasteiger partial charge is 0.306 e. The van der Waals surface area contributed by atoms with E-state index >= 15 is 0 Å². The zero-order valence-corrected chi connectivity index (χ0v) is 16.8. The van der Waals surface area contributed by atoms with Crippen molar-refractivity contribution < 1.29 is 19.4 Å². The van der Waals surface area contributed by atoms with Gasteiger partial charge in [0.15, 0.2) is 11.5 Å². The molecule has 2 aromatic rings. The molecule has 0 unspecified atom stereocenters. The SMILES string of the molecule is COc1cc2c(cc1OC)CN(c1cc(N3CCC(C(=O)O)CC3)ncn1)CC2. The van der Waals surface area contributed by atoms with E-state index in [1.165, 1.54) is 11.1 Å². The van der Waals surface area contributed by atoms with Crippen molar-refractivity contribution in [2.75, 3.05) is 43.7 Å². The van der Waals surface area contributed by atoms with E-state index in [4.69, 9.17) is 9.47 Å². The van der Waals surface area contributed by atoms with Crippen LogP contribution in [-0.4, -0.2) is 54.9 Å². The number of methoxy groups -OCH3 is 2. The van der Waals surface area contributed by atoms with Gasteiger partial charge < -0.3 is 24.4 Å². The average Bonchev–Trinajstić information content (AvgIpc) is 2.77. The first-order valence-electron chi connectivity index (χ1n) is 9.87. The molecule has 3 heterocycles. The van der Waals surface area contributed by atoms with Gasteiger partial charge in [-0.05, 0) is 42.5 Å². The highest BCUT2D eigenvalue weighted by atomic mass is 16.5. The van der Waals surface area contributed by atoms with Crippen molar-refractivity contribution in [1.82, 2.24) is 9.97 Å². The van der Waals surface area contributed by atoms with Gasteiger partial charge in [0.1, 0.15) is 18.0 Å². The number of hydrogen-bond donors (Lipinski definition) is 1. The van der Waals surface area contributed by atoms with Crippen molar-refractivity contribution in [2.24, 2.45) is 5.92 Å². The summed E-state index contributed by atoms with van der Waals surface area (Å²) in [5.41, 5.74) is 2.47. The largest absolute Gasteiger partial charge is 0.493 e. The summed E-state index contributed by atoms with van der Waals surface area (Å²) >= 11 is 0. The Labute approximate surface area is 170 Å². The monoisotopic (exact) mass is 398 g/mol. The first kappa shape index (κ1) is 19.3. The number of piperidine rings is 1. The molecule has 2 aliphatic rings. The summed E-state index contributed by atoms with van der Waals surface area (Å²) in [6, 6.07) is 6.11. The minimum absolute atomic E-state index is 0.252. The van der Waals surface area contributed by atoms with Gasteiger partial charge in [-0.25, -0.2) is 9.97 Å². The van der Waals surface area contributed by atoms with Gasteiger partial charge in [-0.1, -0.05) is 0 Å². The summed E-state index contributed by atoms with van der Waals surface area (Å²) < 4.78 is 10.9. The Balaban J connectivity index is 1.50. The average molecular weight is 398 g/mol. The van der Waals surface area contributed by atoms with Crippen LogP contribution >= 0.6 is 0 Å². The van der Waals surface area contributed by atoms with Crippen LogP contribution in [0.1, 0.15) is 24.0 Å². The highest BCUT2D eigenvalue weighted by Crippen LogP contribution is 2.34. The number of aliphatic carboxylic acids is 1. The van der Waals surface area contributed by atoms with Crippen LogP contribution in [0, 0.1) is 5.92 Å². The van der Waals surface area contributed by atoms with Gasteiger partial charge in [-0.15, -0.1) is 0 Å². The zero-order valence-electron chi connectivity index (χ0n) is 16.8. The van der Waals surface area contributed by atoms with E-state index in [-0.39, 0.29) is 5.92 Å². The predicted molar refractivity (Wildman–Crippen MR) is 109 cm³/mol. The fraction of sp³-hybridized carbons (Fsp3) is 0.476. The van der Waals surface area contributed by atoms with Gasteiger partial charge in [0.05, 0.1) is 20.1 Å². The number of fused-ring (bicyclic) bond motifs is 1. The normalized spacial score (nSPS) is 17.0. The number of rotatable bonds is 5. The topological polar surface area (TPSA) is 88.0 Å². The summed E-state index contributed by atoms with van der Waals surface area (Å²) in [5.74, 6) is 2.28. The van der Waals surface area contributed by atoms with Crippen LogP contribution in [0.3, 0.4) is 0 Å². The lowest BCUT2D eigenvalue weighted by atomic mass is 9.97. The molecule has 1 saturated heterocycles. The third-order valence-corrected chi connectivity index (χ3v) is 5.85. The molecule has 0 saturated carbocycles. The maximum atomic E-state index is 11.2. The van der Waals surface area contributed by atoms with E-state index < -0.39 is 5.97 Å². The van der Waals surface area contributed by atoms with Gasteiger partial charge in [0.2, 0.25) is 0 Å². The Morgan fingerprint density at radius 3 is 2.21 bits per heavy atom. The molecule has 1 aromatic heterocycles. The fourth-order valence-corrected chi connectivity index (χ4v) is 4.12. The van der Waals surface area contributed by atoms with Gasteiger partial charge >= 0.3 is 5.97 Å². The van der Waals surface area contributed by atoms with Gasteiger partial charge in [-0.3, -0.25) is 4.79 Å². The molecule has 1 fully saturated rings. The Kier molecular flexibility index (Phi) is 5.42. The van der Waals surface area contributed by atoms with E-state index in [1.54, 1.807) is 20.5 Å². The fourth-order valence-electron chi connectivity index (χ4n) is 4.12. The molecular formula is C21H26N4O4. The number of hydrogen-bond acceptors (Lipinski definition) is 7. The lowest BCUT2D eigenvalue weighted by Gasteiger charge is -2.33. The summed E-state index contributed by atoms with van der Waals surface area (Å²) in [6.07, 6.45) is 3.79. The van der Waals surface area contributed by atoms with Crippen LogP contribution in [0.5, 0.6) is 11.5 Å². The van der Waals surface area contributed by atoms with Crippen molar-refractivity contribution >= 4 is 17.6 Å². The van der Waals surface area contributed by atoms with E-state index in [1.807, 2.05) is 12.1 Å². The van der Waals surface area contributed by atoms with Gasteiger partial charge in [-0.2, -0.15) is 0 Å². The highest BCUT2D eigenvalue weighted by Gasteiger charge is 2.26. The maximum Gasteiger partial charge on any atom is 0.306 e. The van der Waals surface area contributed by atoms with Crippen molar-refractivity contribution in [2.45, 2.75) is 25.8 Å². The number of anilines is 2. The second kappa shape index (κ2) is 8.14. The number of carbonyl (C=O) groups is 1. The Morgan fingerprint density at radius 1 is 0.966 bits per heavy atom. The van der Waals surface area contributed by atoms with E-state index in [0.29, 0.717) is 25.9 Å². The molecule has 1 aromatic carbocycles. The van der Waals surface area contributed by atoms with Crippen molar-refractivity contribution in [1.29, 1.82) is 0 Å². The first-order valence-corrected chi connectivity index (χ1v) is 9.87. The van der Waals surface area contributed by atoms with Crippen LogP contribution in [0.25, 0.3) is 0 Å². The number of carboxylic acid groups (broad SMARTS) is 1. The van der Waals surface area contributed by atoms with Crippen LogP contribution < -0.4 is 19.3 Å². The molecule has 29 heavy (non-hydrogen) atoms. The van der Waals surface area contributed by atoms with E-state index in [0.717, 1.165) is 42.6 Å². The molecule has 0 atom stereocenters. The minimum Gasteiger partial charge on any atom is -0.493 e. The van der Waals surface area contributed by atoms with Crippen molar-refractivity contribution in [3.63, 3.8) is 0 Å². The second-order valence-corrected chi connectivity index (χ2v) is 7.48. The molecule has 154 valence electrons. The van der Waals surface area contributed by atoms with E-state index in [2.05, 4.69) is 25.8 Å². The standard InChI is InChI=1S/C21H26N4O4/c1-28-17-9-15-5-8-25(12-16(15)10-18(17)29-2)20-11-19(22-13-23-20)24-6-3-14(4-7-24)21(26)27/h9-11,13-14H,3-8,12H2,1-2H3,(H,26,27). The molecule has 0 radical (unpaired) electrons. The quantitative estimate of drug-likeness (QED) is 0.821. The molecule has 8 nitrogen and oxygen atoms in total. The second-order valence-electron chi connectivity index (χ2n) is 7.48. The van der Waals surface area contributed by atoms with Crippen LogP contribution in [0.4, 0.5) is 11.6 Å². The Bertz CT molecular complexity index is 896. The third-order valence-electron chi connectivity index (χ3n) is 5.85. The lowest BCUT2D eigenvalue weighted by Crippen LogP contribution is -2.37. The Hall–Kier alpha value is -3.03. The van der Waals surface area contributed by atoms with E-state index in [9.17, 15) is 9.90 Å². The minimum atomic E-state index is -0.702. The number of nitrogens with zero attached hydrogens (tertiary/aromatic N) is 4.